The molecule has 0 bridgehead atoms. The average Bonchev–Trinajstić information content (AvgIpc) is 3.80. The zero-order valence-corrected chi connectivity index (χ0v) is 32.5. The van der Waals surface area contributed by atoms with Gasteiger partial charge in [0.1, 0.15) is 0 Å². The number of piperazine rings is 1. The first-order chi connectivity index (χ1) is 23.9. The molecule has 2 N–H and O–H groups in total. The summed E-state index contributed by atoms with van der Waals surface area (Å²) in [5, 5.41) is 15.2. The van der Waals surface area contributed by atoms with E-state index >= 15 is 0 Å². The number of nitrogens with one attached hydrogen (secondary N) is 1. The number of rotatable bonds is 11. The van der Waals surface area contributed by atoms with Gasteiger partial charge in [0.05, 0.1) is 6.10 Å². The van der Waals surface area contributed by atoms with Crippen LogP contribution in [0.1, 0.15) is 131 Å². The van der Waals surface area contributed by atoms with Crippen LogP contribution in [-0.4, -0.2) is 102 Å². The first-order valence-corrected chi connectivity index (χ1v) is 21.4. The maximum Gasteiger partial charge on any atom is 0.223 e. The number of aliphatic hydroxyl groups is 1. The lowest BCUT2D eigenvalue weighted by Crippen LogP contribution is -2.56. The first-order valence-electron chi connectivity index (χ1n) is 21.4. The average molecular weight is 697 g/mol. The summed E-state index contributed by atoms with van der Waals surface area (Å²) in [5.41, 5.74) is 0.647. The van der Waals surface area contributed by atoms with Gasteiger partial charge < -0.3 is 25.0 Å². The Hall–Kier alpha value is -1.22. The van der Waals surface area contributed by atoms with Crippen LogP contribution in [0.25, 0.3) is 0 Å². The summed E-state index contributed by atoms with van der Waals surface area (Å²) in [5.74, 6) is 3.83. The van der Waals surface area contributed by atoms with Crippen molar-refractivity contribution in [3.05, 3.63) is 0 Å². The topological polar surface area (TPSA) is 85.4 Å². The molecule has 50 heavy (non-hydrogen) atoms. The van der Waals surface area contributed by atoms with Gasteiger partial charge in [-0.25, -0.2) is 0 Å². The van der Waals surface area contributed by atoms with Crippen LogP contribution in [-0.2, 0) is 14.3 Å². The molecule has 0 aromatic heterocycles. The van der Waals surface area contributed by atoms with Gasteiger partial charge >= 0.3 is 0 Å². The molecule has 2 amide bonds. The van der Waals surface area contributed by atoms with E-state index in [1.165, 1.54) is 44.9 Å². The van der Waals surface area contributed by atoms with E-state index in [1.54, 1.807) is 0 Å². The molecular weight excluding hydrogens is 624 g/mol. The fraction of sp³-hybridized carbons (Fsp3) is 0.952. The molecule has 284 valence electrons. The minimum atomic E-state index is -0.946. The number of amides is 2. The van der Waals surface area contributed by atoms with Crippen LogP contribution in [0.5, 0.6) is 0 Å². The first kappa shape index (κ1) is 37.1. The number of fused-ring (bicyclic) bond motifs is 7. The second-order valence-corrected chi connectivity index (χ2v) is 19.1. The largest absolute Gasteiger partial charge is 0.365 e. The third kappa shape index (κ3) is 7.07. The summed E-state index contributed by atoms with van der Waals surface area (Å²) >= 11 is 0. The molecule has 7 aliphatic rings. The zero-order chi connectivity index (χ0) is 35.3. The molecule has 0 radical (unpaired) electrons. The van der Waals surface area contributed by atoms with Crippen LogP contribution < -0.4 is 5.32 Å². The Morgan fingerprint density at radius 2 is 1.58 bits per heavy atom. The SMILES string of the molecule is CCC(C)CCC1(O)O[C@H]2C[C@H]3[C@@H]4CC[C@@H]5CC(NC(=O)CCN6CCN(C(=O)CCN7CCCC7)CC6)CC[C@]5(C)[C@H]4CC[C@]3(C)[C@H]2[C@@H]1C. The van der Waals surface area contributed by atoms with Crippen LogP contribution >= 0.6 is 0 Å². The van der Waals surface area contributed by atoms with E-state index in [4.69, 9.17) is 4.74 Å². The molecular formula is C42H72N4O4. The smallest absolute Gasteiger partial charge is 0.223 e. The lowest BCUT2D eigenvalue weighted by molar-refractivity contribution is -0.221. The molecule has 0 aromatic carbocycles. The lowest BCUT2D eigenvalue weighted by Gasteiger charge is -2.61. The van der Waals surface area contributed by atoms with Crippen LogP contribution in [0, 0.1) is 52.3 Å². The van der Waals surface area contributed by atoms with E-state index < -0.39 is 5.79 Å². The second-order valence-electron chi connectivity index (χ2n) is 19.1. The number of ether oxygens (including phenoxy) is 1. The van der Waals surface area contributed by atoms with E-state index in [0.717, 1.165) is 103 Å². The van der Waals surface area contributed by atoms with Crippen molar-refractivity contribution in [2.24, 2.45) is 52.3 Å². The quantitative estimate of drug-likeness (QED) is 0.264. The fourth-order valence-electron chi connectivity index (χ4n) is 13.2. The maximum absolute atomic E-state index is 13.2. The molecule has 12 atom stereocenters. The van der Waals surface area contributed by atoms with E-state index in [9.17, 15) is 14.7 Å². The normalized spacial score (nSPS) is 43.9. The molecule has 3 aliphatic heterocycles. The van der Waals surface area contributed by atoms with Gasteiger partial charge in [0.25, 0.3) is 0 Å². The molecule has 7 rings (SSSR count). The van der Waals surface area contributed by atoms with Crippen LogP contribution in [0.2, 0.25) is 0 Å². The van der Waals surface area contributed by atoms with Gasteiger partial charge in [-0.05, 0) is 130 Å². The second kappa shape index (κ2) is 14.9. The lowest BCUT2D eigenvalue weighted by atomic mass is 9.44. The van der Waals surface area contributed by atoms with Crippen molar-refractivity contribution in [1.29, 1.82) is 0 Å². The summed E-state index contributed by atoms with van der Waals surface area (Å²) in [6.07, 6.45) is 16.8. The Kier molecular flexibility index (Phi) is 11.1. The van der Waals surface area contributed by atoms with Gasteiger partial charge in [0, 0.05) is 70.5 Å². The van der Waals surface area contributed by atoms with Gasteiger partial charge in [-0.2, -0.15) is 0 Å². The third-order valence-electron chi connectivity index (χ3n) is 16.6. The number of hydrogen-bond donors (Lipinski definition) is 2. The van der Waals surface area contributed by atoms with Crippen molar-refractivity contribution in [3.63, 3.8) is 0 Å². The van der Waals surface area contributed by atoms with Gasteiger partial charge in [0.15, 0.2) is 5.79 Å². The van der Waals surface area contributed by atoms with Gasteiger partial charge in [0.2, 0.25) is 11.8 Å². The molecule has 3 heterocycles. The van der Waals surface area contributed by atoms with Crippen molar-refractivity contribution in [1.82, 2.24) is 20.0 Å². The molecule has 4 aliphatic carbocycles. The Labute approximate surface area is 304 Å². The molecule has 4 saturated carbocycles. The highest BCUT2D eigenvalue weighted by atomic mass is 16.6. The van der Waals surface area contributed by atoms with Crippen molar-refractivity contribution >= 4 is 11.8 Å². The Balaban J connectivity index is 0.859. The Bertz CT molecular complexity index is 1200. The van der Waals surface area contributed by atoms with E-state index in [-0.39, 0.29) is 23.3 Å². The van der Waals surface area contributed by atoms with E-state index in [1.807, 2.05) is 4.90 Å². The highest BCUT2D eigenvalue weighted by molar-refractivity contribution is 5.77. The highest BCUT2D eigenvalue weighted by Gasteiger charge is 2.68. The molecule has 3 unspecified atom stereocenters. The monoisotopic (exact) mass is 697 g/mol. The van der Waals surface area contributed by atoms with Crippen molar-refractivity contribution in [2.75, 3.05) is 52.4 Å². The van der Waals surface area contributed by atoms with Crippen LogP contribution in [0.4, 0.5) is 0 Å². The molecule has 8 heteroatoms. The number of carbonyl (C=O) groups excluding carboxylic acids is 2. The molecule has 0 aromatic rings. The van der Waals surface area contributed by atoms with Crippen molar-refractivity contribution < 1.29 is 19.4 Å². The maximum atomic E-state index is 13.2. The number of nitrogens with zero attached hydrogens (tertiary/aromatic N) is 3. The summed E-state index contributed by atoms with van der Waals surface area (Å²) < 4.78 is 6.69. The predicted octanol–water partition coefficient (Wildman–Crippen LogP) is 6.31. The number of carbonyl (C=O) groups is 2. The van der Waals surface area contributed by atoms with Crippen molar-refractivity contribution in [2.45, 2.75) is 149 Å². The molecule has 0 spiro atoms. The third-order valence-corrected chi connectivity index (χ3v) is 16.6. The summed E-state index contributed by atoms with van der Waals surface area (Å²) in [6, 6.07) is 0.309. The van der Waals surface area contributed by atoms with Gasteiger partial charge in [-0.15, -0.1) is 0 Å². The Morgan fingerprint density at radius 3 is 2.32 bits per heavy atom. The van der Waals surface area contributed by atoms with E-state index in [2.05, 4.69) is 49.7 Å². The summed E-state index contributed by atoms with van der Waals surface area (Å²) in [7, 11) is 0. The Morgan fingerprint density at radius 1 is 0.880 bits per heavy atom. The zero-order valence-electron chi connectivity index (χ0n) is 32.5. The van der Waals surface area contributed by atoms with Crippen LogP contribution in [0.3, 0.4) is 0 Å². The fourth-order valence-corrected chi connectivity index (χ4v) is 13.2. The predicted molar refractivity (Wildman–Crippen MR) is 198 cm³/mol. The minimum absolute atomic E-state index is 0.206. The van der Waals surface area contributed by atoms with Gasteiger partial charge in [-0.3, -0.25) is 14.5 Å². The number of likely N-dealkylation sites (tertiary alicyclic amines) is 1. The summed E-state index contributed by atoms with van der Waals surface area (Å²) in [4.78, 5) is 32.7. The van der Waals surface area contributed by atoms with E-state index in [0.29, 0.717) is 53.9 Å². The molecule has 7 fully saturated rings. The minimum Gasteiger partial charge on any atom is -0.365 e. The molecule has 8 nitrogen and oxygen atoms in total. The van der Waals surface area contributed by atoms with Gasteiger partial charge in [-0.1, -0.05) is 41.0 Å². The number of hydrogen-bond acceptors (Lipinski definition) is 6. The summed E-state index contributed by atoms with van der Waals surface area (Å²) in [6.45, 7) is 19.4. The highest BCUT2D eigenvalue weighted by Crippen LogP contribution is 2.70. The van der Waals surface area contributed by atoms with Crippen LogP contribution in [0.15, 0.2) is 0 Å². The standard InChI is InChI=1S/C42H72N4O4/c1-6-29(2)11-18-42(49)30(3)39-36(50-42)28-35-33-10-9-31-27-32(12-16-40(31,4)34(33)13-17-41(35,39)5)43-37(47)14-21-45-23-25-46(26-24-45)38(48)15-22-44-19-7-8-20-44/h29-36,39,49H,6-28H2,1-5H3,(H,43,47)/t29?,30-,31+,32?,33+,34-,35-,36-,39-,40-,41-,42?/m0/s1. The van der Waals surface area contributed by atoms with Crippen molar-refractivity contribution in [3.8, 4) is 0 Å². The molecule has 3 saturated heterocycles.